The normalized spacial score (nSPS) is 10.3. The first-order valence-corrected chi connectivity index (χ1v) is 8.89. The standard InChI is InChI=1S/C22H23N3O2/c1-3-25(16-17-8-5-4-6-9-17)22(26)18-12-20(15-23-14-18)24-19-10-7-11-21(13-19)27-2/h4-15,24H,3,16H2,1-2H3. The number of rotatable bonds is 7. The second-order valence-electron chi connectivity index (χ2n) is 6.12. The summed E-state index contributed by atoms with van der Waals surface area (Å²) in [6.45, 7) is 3.18. The Labute approximate surface area is 159 Å². The number of pyridine rings is 1. The van der Waals surface area contributed by atoms with Crippen LogP contribution >= 0.6 is 0 Å². The van der Waals surface area contributed by atoms with Crippen molar-refractivity contribution < 1.29 is 9.53 Å². The zero-order valence-corrected chi connectivity index (χ0v) is 15.6. The highest BCUT2D eigenvalue weighted by molar-refractivity contribution is 5.94. The van der Waals surface area contributed by atoms with E-state index >= 15 is 0 Å². The molecule has 3 aromatic rings. The van der Waals surface area contributed by atoms with Crippen molar-refractivity contribution in [1.29, 1.82) is 0 Å². The van der Waals surface area contributed by atoms with Gasteiger partial charge in [0.05, 0.1) is 24.6 Å². The van der Waals surface area contributed by atoms with Gasteiger partial charge in [-0.1, -0.05) is 36.4 Å². The maximum atomic E-state index is 12.9. The van der Waals surface area contributed by atoms with Gasteiger partial charge < -0.3 is 15.0 Å². The van der Waals surface area contributed by atoms with Crippen molar-refractivity contribution in [1.82, 2.24) is 9.88 Å². The fourth-order valence-corrected chi connectivity index (χ4v) is 2.81. The van der Waals surface area contributed by atoms with E-state index in [1.54, 1.807) is 19.5 Å². The molecule has 0 unspecified atom stereocenters. The molecule has 138 valence electrons. The quantitative estimate of drug-likeness (QED) is 0.673. The Kier molecular flexibility index (Phi) is 6.05. The van der Waals surface area contributed by atoms with Crippen LogP contribution in [0.4, 0.5) is 11.4 Å². The Morgan fingerprint density at radius 1 is 1.04 bits per heavy atom. The van der Waals surface area contributed by atoms with Gasteiger partial charge in [0.25, 0.3) is 5.91 Å². The summed E-state index contributed by atoms with van der Waals surface area (Å²) < 4.78 is 5.24. The van der Waals surface area contributed by atoms with Crippen LogP contribution in [-0.2, 0) is 6.54 Å². The maximum Gasteiger partial charge on any atom is 0.255 e. The summed E-state index contributed by atoms with van der Waals surface area (Å²) in [6.07, 6.45) is 3.30. The van der Waals surface area contributed by atoms with Gasteiger partial charge in [-0.15, -0.1) is 0 Å². The van der Waals surface area contributed by atoms with E-state index in [2.05, 4.69) is 10.3 Å². The van der Waals surface area contributed by atoms with Crippen LogP contribution in [0.5, 0.6) is 5.75 Å². The lowest BCUT2D eigenvalue weighted by molar-refractivity contribution is 0.0752. The van der Waals surface area contributed by atoms with Crippen LogP contribution in [0.2, 0.25) is 0 Å². The van der Waals surface area contributed by atoms with Crippen molar-refractivity contribution in [2.75, 3.05) is 19.0 Å². The highest BCUT2D eigenvalue weighted by Crippen LogP contribution is 2.22. The molecule has 0 atom stereocenters. The molecule has 0 aliphatic rings. The van der Waals surface area contributed by atoms with Crippen LogP contribution in [0, 0.1) is 0 Å². The fraction of sp³-hybridized carbons (Fsp3) is 0.182. The van der Waals surface area contributed by atoms with Gasteiger partial charge in [-0.3, -0.25) is 9.78 Å². The molecule has 5 heteroatoms. The van der Waals surface area contributed by atoms with E-state index in [0.717, 1.165) is 22.7 Å². The molecule has 0 spiro atoms. The molecule has 1 N–H and O–H groups in total. The summed E-state index contributed by atoms with van der Waals surface area (Å²) in [5.41, 5.74) is 3.29. The number of nitrogens with one attached hydrogen (secondary N) is 1. The summed E-state index contributed by atoms with van der Waals surface area (Å²) in [7, 11) is 1.63. The Hall–Kier alpha value is -3.34. The summed E-state index contributed by atoms with van der Waals surface area (Å²) in [5, 5.41) is 3.27. The molecule has 0 fully saturated rings. The molecule has 2 aromatic carbocycles. The van der Waals surface area contributed by atoms with Crippen molar-refractivity contribution in [3.63, 3.8) is 0 Å². The minimum atomic E-state index is -0.0388. The van der Waals surface area contributed by atoms with Gasteiger partial charge in [0.1, 0.15) is 5.75 Å². The number of ether oxygens (including phenoxy) is 1. The van der Waals surface area contributed by atoms with Crippen LogP contribution in [0.25, 0.3) is 0 Å². The molecule has 0 aliphatic heterocycles. The molecule has 5 nitrogen and oxygen atoms in total. The van der Waals surface area contributed by atoms with E-state index < -0.39 is 0 Å². The average Bonchev–Trinajstić information content (AvgIpc) is 2.72. The third-order valence-electron chi connectivity index (χ3n) is 4.23. The molecule has 1 amide bonds. The first-order chi connectivity index (χ1) is 13.2. The Bertz CT molecular complexity index is 897. The SMILES string of the molecule is CCN(Cc1ccccc1)C(=O)c1cncc(Nc2cccc(OC)c2)c1. The first kappa shape index (κ1) is 18.5. The zero-order valence-electron chi connectivity index (χ0n) is 15.6. The van der Waals surface area contributed by atoms with Gasteiger partial charge in [0, 0.05) is 31.0 Å². The topological polar surface area (TPSA) is 54.5 Å². The second-order valence-corrected chi connectivity index (χ2v) is 6.12. The zero-order chi connectivity index (χ0) is 19.1. The van der Waals surface area contributed by atoms with E-state index in [0.29, 0.717) is 18.7 Å². The van der Waals surface area contributed by atoms with Crippen LogP contribution < -0.4 is 10.1 Å². The van der Waals surface area contributed by atoms with Crippen LogP contribution in [0.1, 0.15) is 22.8 Å². The van der Waals surface area contributed by atoms with Crippen LogP contribution in [0.3, 0.4) is 0 Å². The molecule has 1 aromatic heterocycles. The minimum absolute atomic E-state index is 0.0388. The van der Waals surface area contributed by atoms with Crippen molar-refractivity contribution >= 4 is 17.3 Å². The highest BCUT2D eigenvalue weighted by Gasteiger charge is 2.15. The van der Waals surface area contributed by atoms with Crippen molar-refractivity contribution in [3.8, 4) is 5.75 Å². The predicted octanol–water partition coefficient (Wildman–Crippen LogP) is 4.50. The van der Waals surface area contributed by atoms with Crippen molar-refractivity contribution in [3.05, 3.63) is 84.2 Å². The predicted molar refractivity (Wildman–Crippen MR) is 107 cm³/mol. The Balaban J connectivity index is 1.76. The second kappa shape index (κ2) is 8.85. The average molecular weight is 361 g/mol. The van der Waals surface area contributed by atoms with Gasteiger partial charge in [-0.25, -0.2) is 0 Å². The number of hydrogen-bond acceptors (Lipinski definition) is 4. The van der Waals surface area contributed by atoms with Gasteiger partial charge in [-0.2, -0.15) is 0 Å². The number of methoxy groups -OCH3 is 1. The first-order valence-electron chi connectivity index (χ1n) is 8.89. The molecule has 0 bridgehead atoms. The van der Waals surface area contributed by atoms with Crippen LogP contribution in [-0.4, -0.2) is 29.4 Å². The molecule has 27 heavy (non-hydrogen) atoms. The van der Waals surface area contributed by atoms with E-state index in [1.165, 1.54) is 0 Å². The van der Waals surface area contributed by atoms with E-state index in [4.69, 9.17) is 4.74 Å². The summed E-state index contributed by atoms with van der Waals surface area (Å²) in [6, 6.07) is 19.4. The minimum Gasteiger partial charge on any atom is -0.497 e. The number of aromatic nitrogens is 1. The highest BCUT2D eigenvalue weighted by atomic mass is 16.5. The van der Waals surface area contributed by atoms with Gasteiger partial charge in [0.2, 0.25) is 0 Å². The number of amides is 1. The molecular weight excluding hydrogens is 338 g/mol. The number of nitrogens with zero attached hydrogens (tertiary/aromatic N) is 2. The lowest BCUT2D eigenvalue weighted by Gasteiger charge is -2.21. The van der Waals surface area contributed by atoms with E-state index in [-0.39, 0.29) is 5.91 Å². The van der Waals surface area contributed by atoms with Gasteiger partial charge >= 0.3 is 0 Å². The molecule has 1 heterocycles. The van der Waals surface area contributed by atoms with Crippen molar-refractivity contribution in [2.45, 2.75) is 13.5 Å². The molecule has 0 aliphatic carbocycles. The fourth-order valence-electron chi connectivity index (χ4n) is 2.81. The van der Waals surface area contributed by atoms with Crippen molar-refractivity contribution in [2.24, 2.45) is 0 Å². The van der Waals surface area contributed by atoms with Crippen LogP contribution in [0.15, 0.2) is 73.1 Å². The number of carbonyl (C=O) groups excluding carboxylic acids is 1. The Morgan fingerprint density at radius 3 is 2.59 bits per heavy atom. The lowest BCUT2D eigenvalue weighted by Crippen LogP contribution is -2.30. The largest absolute Gasteiger partial charge is 0.497 e. The molecule has 0 saturated carbocycles. The monoisotopic (exact) mass is 361 g/mol. The third-order valence-corrected chi connectivity index (χ3v) is 4.23. The Morgan fingerprint density at radius 2 is 1.85 bits per heavy atom. The summed E-state index contributed by atoms with van der Waals surface area (Å²) >= 11 is 0. The number of carbonyl (C=O) groups is 1. The smallest absolute Gasteiger partial charge is 0.255 e. The van der Waals surface area contributed by atoms with E-state index in [9.17, 15) is 4.79 Å². The van der Waals surface area contributed by atoms with E-state index in [1.807, 2.05) is 72.5 Å². The van der Waals surface area contributed by atoms with Gasteiger partial charge in [0.15, 0.2) is 0 Å². The summed E-state index contributed by atoms with van der Waals surface area (Å²) in [5.74, 6) is 0.725. The molecule has 3 rings (SSSR count). The number of anilines is 2. The molecule has 0 radical (unpaired) electrons. The maximum absolute atomic E-state index is 12.9. The summed E-state index contributed by atoms with van der Waals surface area (Å²) in [4.78, 5) is 19.0. The van der Waals surface area contributed by atoms with Gasteiger partial charge in [-0.05, 0) is 30.7 Å². The molecule has 0 saturated heterocycles. The lowest BCUT2D eigenvalue weighted by atomic mass is 10.2. The third kappa shape index (κ3) is 4.85. The number of hydrogen-bond donors (Lipinski definition) is 1. The number of benzene rings is 2. The molecular formula is C22H23N3O2.